The molecule has 0 amide bonds. The van der Waals surface area contributed by atoms with E-state index in [0.29, 0.717) is 16.7 Å². The number of aliphatic hydroxyl groups excluding tert-OH is 2. The fourth-order valence-corrected chi connectivity index (χ4v) is 8.12. The summed E-state index contributed by atoms with van der Waals surface area (Å²) in [5.41, 5.74) is 2.25. The lowest BCUT2D eigenvalue weighted by molar-refractivity contribution is -0.0716. The van der Waals surface area contributed by atoms with Crippen LogP contribution < -0.4 is 0 Å². The first-order valence-corrected chi connectivity index (χ1v) is 12.0. The van der Waals surface area contributed by atoms with Crippen LogP contribution in [0.15, 0.2) is 11.6 Å². The van der Waals surface area contributed by atoms with E-state index in [1.165, 1.54) is 57.8 Å². The van der Waals surface area contributed by atoms with Crippen molar-refractivity contribution in [1.82, 2.24) is 0 Å². The van der Waals surface area contributed by atoms with Crippen molar-refractivity contribution in [2.24, 2.45) is 34.5 Å². The Hall–Kier alpha value is -0.340. The van der Waals surface area contributed by atoms with Crippen LogP contribution in [0, 0.1) is 34.5 Å². The van der Waals surface area contributed by atoms with Gasteiger partial charge in [-0.05, 0) is 92.3 Å². The summed E-state index contributed by atoms with van der Waals surface area (Å²) < 4.78 is 0. The van der Waals surface area contributed by atoms with Gasteiger partial charge in [0.2, 0.25) is 0 Å². The van der Waals surface area contributed by atoms with Gasteiger partial charge in [-0.2, -0.15) is 0 Å². The van der Waals surface area contributed by atoms with Crippen LogP contribution in [0.2, 0.25) is 0 Å². The minimum atomic E-state index is -0.108. The Labute approximate surface area is 166 Å². The van der Waals surface area contributed by atoms with Crippen molar-refractivity contribution in [3.63, 3.8) is 0 Å². The highest BCUT2D eigenvalue weighted by Gasteiger charge is 2.59. The molecule has 4 rings (SSSR count). The molecule has 4 aliphatic carbocycles. The van der Waals surface area contributed by atoms with Gasteiger partial charge in [0, 0.05) is 0 Å². The molecule has 8 atom stereocenters. The van der Waals surface area contributed by atoms with Gasteiger partial charge in [-0.3, -0.25) is 0 Å². The van der Waals surface area contributed by atoms with Crippen molar-refractivity contribution in [2.45, 2.75) is 110 Å². The Balaban J connectivity index is 1.52. The van der Waals surface area contributed by atoms with E-state index < -0.39 is 0 Å². The number of allylic oxidation sites excluding steroid dienone is 1. The third kappa shape index (κ3) is 3.23. The zero-order chi connectivity index (χ0) is 19.2. The lowest BCUT2D eigenvalue weighted by Gasteiger charge is -2.58. The van der Waals surface area contributed by atoms with E-state index in [1.54, 1.807) is 5.57 Å². The summed E-state index contributed by atoms with van der Waals surface area (Å²) in [4.78, 5) is 0. The molecule has 8 unspecified atom stereocenters. The van der Waals surface area contributed by atoms with Gasteiger partial charge < -0.3 is 10.2 Å². The van der Waals surface area contributed by atoms with E-state index in [9.17, 15) is 10.2 Å². The third-order valence-corrected chi connectivity index (χ3v) is 9.72. The van der Waals surface area contributed by atoms with Crippen molar-refractivity contribution in [3.8, 4) is 0 Å². The van der Waals surface area contributed by atoms with Crippen molar-refractivity contribution < 1.29 is 10.2 Å². The van der Waals surface area contributed by atoms with Gasteiger partial charge >= 0.3 is 0 Å². The van der Waals surface area contributed by atoms with E-state index in [4.69, 9.17) is 0 Å². The smallest absolute Gasteiger partial charge is 0.0577 e. The second-order valence-electron chi connectivity index (χ2n) is 10.9. The third-order valence-electron chi connectivity index (χ3n) is 9.72. The van der Waals surface area contributed by atoms with E-state index in [0.717, 1.165) is 37.0 Å². The summed E-state index contributed by atoms with van der Waals surface area (Å²) in [6, 6.07) is 0. The maximum Gasteiger partial charge on any atom is 0.0577 e. The molecular formula is C25H42O2. The quantitative estimate of drug-likeness (QED) is 0.467. The molecule has 0 aromatic rings. The summed E-state index contributed by atoms with van der Waals surface area (Å²) in [5, 5.41) is 21.2. The molecule has 27 heavy (non-hydrogen) atoms. The maximum absolute atomic E-state index is 11.0. The maximum atomic E-state index is 11.0. The topological polar surface area (TPSA) is 40.5 Å². The number of hydrogen-bond acceptors (Lipinski definition) is 2. The predicted molar refractivity (Wildman–Crippen MR) is 111 cm³/mol. The molecule has 0 aromatic carbocycles. The van der Waals surface area contributed by atoms with Crippen molar-refractivity contribution >= 4 is 0 Å². The average molecular weight is 375 g/mol. The van der Waals surface area contributed by atoms with E-state index >= 15 is 0 Å². The van der Waals surface area contributed by atoms with Gasteiger partial charge in [0.05, 0.1) is 12.2 Å². The predicted octanol–water partition coefficient (Wildman–Crippen LogP) is 5.87. The van der Waals surface area contributed by atoms with Gasteiger partial charge in [-0.15, -0.1) is 0 Å². The van der Waals surface area contributed by atoms with Crippen molar-refractivity contribution in [2.75, 3.05) is 0 Å². The van der Waals surface area contributed by atoms with Crippen LogP contribution >= 0.6 is 0 Å². The summed E-state index contributed by atoms with van der Waals surface area (Å²) in [5.74, 6) is 2.93. The van der Waals surface area contributed by atoms with Gasteiger partial charge in [0.25, 0.3) is 0 Å². The monoisotopic (exact) mass is 374 g/mol. The fourth-order valence-electron chi connectivity index (χ4n) is 8.12. The molecule has 3 saturated carbocycles. The van der Waals surface area contributed by atoms with Crippen LogP contribution in [-0.4, -0.2) is 22.4 Å². The number of aliphatic hydroxyl groups is 2. The Kier molecular flexibility index (Phi) is 5.53. The van der Waals surface area contributed by atoms with Gasteiger partial charge in [-0.1, -0.05) is 51.7 Å². The number of hydrogen-bond donors (Lipinski definition) is 2. The molecule has 0 radical (unpaired) electrons. The molecule has 2 heteroatoms. The molecule has 2 nitrogen and oxygen atoms in total. The van der Waals surface area contributed by atoms with E-state index in [-0.39, 0.29) is 12.2 Å². The highest BCUT2D eigenvalue weighted by molar-refractivity contribution is 5.25. The molecule has 0 heterocycles. The first-order chi connectivity index (χ1) is 12.9. The highest BCUT2D eigenvalue weighted by Crippen LogP contribution is 2.66. The number of rotatable bonds is 5. The van der Waals surface area contributed by atoms with Gasteiger partial charge in [0.1, 0.15) is 0 Å². The van der Waals surface area contributed by atoms with Crippen LogP contribution in [0.25, 0.3) is 0 Å². The van der Waals surface area contributed by atoms with Gasteiger partial charge in [-0.25, -0.2) is 0 Å². The summed E-state index contributed by atoms with van der Waals surface area (Å²) >= 11 is 0. The van der Waals surface area contributed by atoms with Crippen LogP contribution in [0.3, 0.4) is 0 Å². The molecule has 0 saturated heterocycles. The summed E-state index contributed by atoms with van der Waals surface area (Å²) in [6.45, 7) is 7.28. The molecule has 0 spiro atoms. The second kappa shape index (κ2) is 7.48. The summed E-state index contributed by atoms with van der Waals surface area (Å²) in [7, 11) is 0. The van der Waals surface area contributed by atoms with Crippen LogP contribution in [-0.2, 0) is 0 Å². The van der Waals surface area contributed by atoms with Crippen molar-refractivity contribution in [1.29, 1.82) is 0 Å². The first kappa shape index (κ1) is 20.0. The molecule has 0 bridgehead atoms. The molecule has 3 fully saturated rings. The zero-order valence-electron chi connectivity index (χ0n) is 17.9. The molecule has 4 aliphatic rings. The number of unbranched alkanes of at least 4 members (excludes halogenated alkanes) is 2. The molecule has 0 aliphatic heterocycles. The molecular weight excluding hydrogens is 332 g/mol. The van der Waals surface area contributed by atoms with Crippen LogP contribution in [0.5, 0.6) is 0 Å². The Morgan fingerprint density at radius 2 is 1.89 bits per heavy atom. The van der Waals surface area contributed by atoms with Crippen molar-refractivity contribution in [3.05, 3.63) is 11.6 Å². The van der Waals surface area contributed by atoms with Crippen LogP contribution in [0.1, 0.15) is 97.8 Å². The van der Waals surface area contributed by atoms with Crippen LogP contribution in [0.4, 0.5) is 0 Å². The molecule has 154 valence electrons. The minimum absolute atomic E-state index is 0.0850. The zero-order valence-corrected chi connectivity index (χ0v) is 17.9. The molecule has 0 aromatic heterocycles. The average Bonchev–Trinajstić information content (AvgIpc) is 3.00. The van der Waals surface area contributed by atoms with E-state index in [1.807, 2.05) is 0 Å². The lowest BCUT2D eigenvalue weighted by atomic mass is 9.47. The summed E-state index contributed by atoms with van der Waals surface area (Å²) in [6.07, 6.45) is 16.5. The first-order valence-electron chi connectivity index (χ1n) is 12.0. The Morgan fingerprint density at radius 3 is 2.67 bits per heavy atom. The largest absolute Gasteiger partial charge is 0.393 e. The highest BCUT2D eigenvalue weighted by atomic mass is 16.3. The van der Waals surface area contributed by atoms with Gasteiger partial charge in [0.15, 0.2) is 0 Å². The normalized spacial score (nSPS) is 47.6. The Bertz CT molecular complexity index is 569. The van der Waals surface area contributed by atoms with E-state index in [2.05, 4.69) is 26.8 Å². The number of fused-ring (bicyclic) bond motifs is 5. The second-order valence-corrected chi connectivity index (χ2v) is 10.9. The fraction of sp³-hybridized carbons (Fsp3) is 0.920. The lowest BCUT2D eigenvalue weighted by Crippen LogP contribution is -2.51. The standard InChI is InChI=1S/C25H42O2/c1-4-5-6-7-23(27)22-11-10-20-19-9-8-17-16-18(26)12-14-24(17,2)21(19)13-15-25(20,22)3/h8,18-23,26-27H,4-7,9-16H2,1-3H3. The Morgan fingerprint density at radius 1 is 1.07 bits per heavy atom. The minimum Gasteiger partial charge on any atom is -0.393 e. The molecule has 2 N–H and O–H groups in total. The SMILES string of the molecule is CCCCCC(O)C1CCC2C3CC=C4CC(O)CCC4(C)C3CCC12C.